The molecule has 5 heterocycles. The molecule has 4 bridgehead atoms. The van der Waals surface area contributed by atoms with E-state index in [9.17, 15) is 48.9 Å². The molecule has 0 spiro atoms. The van der Waals surface area contributed by atoms with Gasteiger partial charge in [-0.15, -0.1) is 0 Å². The molecule has 15 N–H and O–H groups in total. The van der Waals surface area contributed by atoms with Crippen molar-refractivity contribution in [3.63, 3.8) is 0 Å². The first kappa shape index (κ1) is 102. The van der Waals surface area contributed by atoms with Gasteiger partial charge in [0.1, 0.15) is 80.5 Å². The number of alkyl halides is 1. The Hall–Kier alpha value is -8.19. The van der Waals surface area contributed by atoms with Crippen molar-refractivity contribution in [3.8, 4) is 5.75 Å². The number of unbranched alkanes of at least 4 members (excludes halogenated alkanes) is 1. The van der Waals surface area contributed by atoms with Gasteiger partial charge in [0.05, 0.1) is 56.2 Å². The highest BCUT2D eigenvalue weighted by Gasteiger charge is 2.65. The molecule has 3 fully saturated rings. The number of halogens is 2. The predicted molar refractivity (Wildman–Crippen MR) is 497 cm³/mol. The number of epoxide rings is 1. The summed E-state index contributed by atoms with van der Waals surface area (Å²) in [5, 5.41) is 58.3. The maximum absolute atomic E-state index is 15.4. The number of alkyl carbamates (subject to hydrolysis) is 1. The number of anilines is 1. The highest BCUT2D eigenvalue weighted by atomic mass is 127. The zero-order valence-electron chi connectivity index (χ0n) is 72.6. The van der Waals surface area contributed by atoms with Gasteiger partial charge in [-0.3, -0.25) is 43.2 Å². The quantitative estimate of drug-likeness (QED) is 0.00437. The monoisotopic (exact) mass is 1950 g/mol. The lowest BCUT2D eigenvalue weighted by Gasteiger charge is -2.42. The van der Waals surface area contributed by atoms with Crippen LogP contribution in [0, 0.1) is 5.92 Å². The first-order valence-corrected chi connectivity index (χ1v) is 48.4. The Bertz CT molecular complexity index is 4640. The van der Waals surface area contributed by atoms with E-state index in [1.807, 2.05) is 93.6 Å². The van der Waals surface area contributed by atoms with E-state index >= 15 is 19.2 Å². The van der Waals surface area contributed by atoms with Gasteiger partial charge in [0.2, 0.25) is 53.2 Å². The lowest BCUT2D eigenvalue weighted by Crippen LogP contribution is -2.62. The van der Waals surface area contributed by atoms with Crippen LogP contribution in [0.1, 0.15) is 116 Å². The van der Waals surface area contributed by atoms with Crippen LogP contribution in [0.4, 0.5) is 10.5 Å². The summed E-state index contributed by atoms with van der Waals surface area (Å²) in [6, 6.07) is 16.7. The van der Waals surface area contributed by atoms with E-state index < -0.39 is 172 Å². The lowest BCUT2D eigenvalue weighted by atomic mass is 9.84. The number of aliphatic hydroxyl groups excluding tert-OH is 3. The number of allylic oxidation sites excluding steroid dienone is 3. The second kappa shape index (κ2) is 48.5. The lowest BCUT2D eigenvalue weighted by molar-refractivity contribution is -0.162. The van der Waals surface area contributed by atoms with Crippen molar-refractivity contribution >= 4 is 159 Å². The number of para-hydroxylation sites is 1. The van der Waals surface area contributed by atoms with Crippen LogP contribution in [0.2, 0.25) is 5.02 Å². The zero-order valence-corrected chi connectivity index (χ0v) is 78.8. The van der Waals surface area contributed by atoms with Crippen LogP contribution in [-0.2, 0) is 92.6 Å². The largest absolute Gasteiger partial charge is 0.495 e. The highest BCUT2D eigenvalue weighted by molar-refractivity contribution is 14.1. The number of aromatic amines is 1. The van der Waals surface area contributed by atoms with E-state index in [2.05, 4.69) is 75.4 Å². The number of esters is 1. The third kappa shape index (κ3) is 28.4. The molecule has 10 amide bonds. The number of carbonyl (C=O) groups is 11. The van der Waals surface area contributed by atoms with Crippen molar-refractivity contribution in [2.75, 3.05) is 70.2 Å². The minimum atomic E-state index is -1.73. The topological polar surface area (TPSA) is 454 Å². The Morgan fingerprint density at radius 2 is 1.50 bits per heavy atom. The Balaban J connectivity index is 0.901. The normalized spacial score (nSPS) is 26.6. The maximum Gasteiger partial charge on any atom is 0.408 e. The summed E-state index contributed by atoms with van der Waals surface area (Å²) in [6.45, 7) is 11.5. The van der Waals surface area contributed by atoms with Crippen LogP contribution in [0.5, 0.6) is 5.75 Å². The van der Waals surface area contributed by atoms with Crippen molar-refractivity contribution in [3.05, 3.63) is 154 Å². The first-order valence-electron chi connectivity index (χ1n) is 42.1. The van der Waals surface area contributed by atoms with Crippen LogP contribution in [-0.4, -0.2) is 261 Å². The maximum atomic E-state index is 15.4. The number of benzene rings is 4. The molecule has 1 aromatic heterocycles. The number of nitrogens with two attached hydrogens (primary N) is 1. The summed E-state index contributed by atoms with van der Waals surface area (Å²) in [7, 11) is 11.1. The van der Waals surface area contributed by atoms with E-state index in [4.69, 9.17) is 41.0 Å². The average Bonchev–Trinajstić information content (AvgIpc) is 1.57. The molecule has 0 saturated carbocycles. The molecule has 19 atom stereocenters. The van der Waals surface area contributed by atoms with Crippen LogP contribution in [0.3, 0.4) is 0 Å². The summed E-state index contributed by atoms with van der Waals surface area (Å²) < 4.78 is 29.4. The second-order valence-electron chi connectivity index (χ2n) is 32.5. The number of methoxy groups -OCH3 is 2. The number of amides is 10. The number of H-pyrrole nitrogens is 1. The molecular formula is C88H119ClIN13O19S4. The smallest absolute Gasteiger partial charge is 0.408 e. The van der Waals surface area contributed by atoms with Gasteiger partial charge in [-0.1, -0.05) is 194 Å². The van der Waals surface area contributed by atoms with Gasteiger partial charge in [-0.05, 0) is 127 Å². The molecule has 4 aromatic carbocycles. The Labute approximate surface area is 769 Å². The van der Waals surface area contributed by atoms with Crippen molar-refractivity contribution in [1.29, 1.82) is 0 Å². The number of aliphatic hydroxyl groups is 3. The number of rotatable bonds is 31. The van der Waals surface area contributed by atoms with E-state index in [1.165, 1.54) is 66.3 Å². The molecule has 2 unspecified atom stereocenters. The van der Waals surface area contributed by atoms with Crippen molar-refractivity contribution in [2.45, 2.75) is 224 Å². The van der Waals surface area contributed by atoms with Crippen LogP contribution in [0.25, 0.3) is 10.9 Å². The molecule has 38 heteroatoms. The number of nitrogens with one attached hydrogen (secondary N) is 10. The average molecular weight is 1950 g/mol. The van der Waals surface area contributed by atoms with Crippen molar-refractivity contribution < 1.29 is 91.7 Å². The Morgan fingerprint density at radius 3 is 2.17 bits per heavy atom. The number of fused-ring (bicyclic) bond motifs is 6. The molecule has 126 heavy (non-hydrogen) atoms. The molecule has 4 aliphatic rings. The molecule has 5 aromatic rings. The SMILES string of the molecule is COc1cc2cc(c1Cl)N(C)C(=O)C[C@H](OC(=O)[C@H](C)N(C)C(=O)CCSSC(C)CCN[C@H](Cc1ccccc1)C(=O)N[C@H]1CSSC[C@@H](C(=O)N[C@H](CO)[C@@H](C)O)NC(=O)[C@H]([C@@H](C)O)NC(=O)[C@H](CCCCN)NC(=O)[C@@H](Cc3c[nH]c4ccccc34)NC(=O)[C@H](Cc3ccccc3)NC1=O)[C@]1(C)O[C@H]1[C@H](C)[C@@H]1CC(I)(NC(=O)O1)[C@H](OC)/C=C/C=C(\C)C2. The van der Waals surface area contributed by atoms with Gasteiger partial charge in [0, 0.05) is 92.4 Å². The van der Waals surface area contributed by atoms with Crippen LogP contribution in [0.15, 0.2) is 127 Å². The number of nitrogens with zero attached hydrogens (tertiary/aromatic N) is 2. The fourth-order valence-corrected chi connectivity index (χ4v) is 21.1. The number of ether oxygens (including phenoxy) is 5. The summed E-state index contributed by atoms with van der Waals surface area (Å²) in [5.74, 6) is -7.76. The molecule has 688 valence electrons. The summed E-state index contributed by atoms with van der Waals surface area (Å²) in [4.78, 5) is 167. The number of carbonyl (C=O) groups excluding carboxylic acids is 11. The third-order valence-electron chi connectivity index (χ3n) is 22.9. The minimum Gasteiger partial charge on any atom is -0.495 e. The van der Waals surface area contributed by atoms with E-state index in [0.717, 1.165) is 49.2 Å². The standard InChI is InChI=1S/C88H119ClIN13O19S4/c1-49-23-22-31-71(119-11)88(90)44-70(120-86(117)101-88)51(3)77-87(7,122-77)72(43-74(108)103(9)68-40-57(37-49)41-69(118-10)75(68)89)121-85(116)52(4)102(8)73(107)33-36-123-126-50(2)32-35-92-62(38-55-24-14-12-15-25-55)79(110)98-66-47-124-125-48-67(83(114)97-65(46-104)53(5)105)99-84(115)76(54(6)106)100-78(109)61(30-20-21-34-91)94-81(112)64(42-58-45-93-60-29-19-18-28-59(58)60)96-80(111)63(95-82(66)113)39-56-26-16-13-17-27-56/h12-19,22-29,31,40-41,45,50-54,61-67,70-72,76-77,92-93,104-106H,20-21,30,32-39,42-44,46-48,91H2,1-11H3,(H,94,112)(H,95,113)(H,96,111)(H,97,114)(H,98,110)(H,99,115)(H,100,109)(H,101,117)/b31-22+,49-23+/t50?,51-,52+,53-,54-,61+,62-,63+,64-,65-,66+,67+,70+,71-,72+,76+,77+,87+,88?/m1/s1. The van der Waals surface area contributed by atoms with E-state index in [0.29, 0.717) is 60.4 Å². The molecule has 0 aliphatic carbocycles. The predicted octanol–water partition coefficient (Wildman–Crippen LogP) is 6.35. The van der Waals surface area contributed by atoms with Gasteiger partial charge in [0.15, 0.2) is 0 Å². The second-order valence-corrected chi connectivity index (χ2v) is 40.3. The molecule has 32 nitrogen and oxygen atoms in total. The number of hydrogen-bond acceptors (Lipinski definition) is 25. The third-order valence-corrected chi connectivity index (χ3v) is 30.0. The van der Waals surface area contributed by atoms with Crippen molar-refractivity contribution in [1.82, 2.24) is 57.7 Å². The van der Waals surface area contributed by atoms with E-state index in [1.54, 1.807) is 69.7 Å². The summed E-state index contributed by atoms with van der Waals surface area (Å²) in [6.07, 6.45) is 2.20. The highest BCUT2D eigenvalue weighted by Crippen LogP contribution is 2.50. The Morgan fingerprint density at radius 1 is 0.841 bits per heavy atom. The number of likely N-dealkylation sites (N-methyl/N-ethyl adjacent to an activating group) is 1. The van der Waals surface area contributed by atoms with Gasteiger partial charge < -0.3 is 107 Å². The number of hydrogen-bond donors (Lipinski definition) is 14. The number of aromatic nitrogens is 1. The van der Waals surface area contributed by atoms with Gasteiger partial charge in [-0.2, -0.15) is 0 Å². The molecule has 0 radical (unpaired) electrons. The molecule has 4 aliphatic heterocycles. The minimum absolute atomic E-state index is 0.0104. The molecular weight excluding hydrogens is 1830 g/mol. The summed E-state index contributed by atoms with van der Waals surface area (Å²) >= 11 is 9.12. The van der Waals surface area contributed by atoms with Crippen LogP contribution < -0.4 is 63.2 Å². The molecule has 3 saturated heterocycles. The first-order chi connectivity index (χ1) is 60.1. The van der Waals surface area contributed by atoms with Crippen molar-refractivity contribution in [2.24, 2.45) is 11.7 Å². The van der Waals surface area contributed by atoms with Gasteiger partial charge in [-0.25, -0.2) is 9.59 Å². The van der Waals surface area contributed by atoms with E-state index in [-0.39, 0.29) is 79.3 Å². The zero-order chi connectivity index (χ0) is 91.7. The fraction of sp³-hybridized carbons (Fsp3) is 0.534. The van der Waals surface area contributed by atoms with Crippen LogP contribution >= 0.6 is 77.4 Å². The summed E-state index contributed by atoms with van der Waals surface area (Å²) in [5.41, 5.74) is 9.44. The Kier molecular flexibility index (Phi) is 39.1. The van der Waals surface area contributed by atoms with Gasteiger partial charge in [0.25, 0.3) is 0 Å². The van der Waals surface area contributed by atoms with Gasteiger partial charge >= 0.3 is 12.1 Å². The molecule has 9 rings (SSSR count). The fourth-order valence-electron chi connectivity index (χ4n) is 15.0.